The molecule has 1 aliphatic rings. The summed E-state index contributed by atoms with van der Waals surface area (Å²) in [5, 5.41) is 2.96. The number of nitrogens with one attached hydrogen (secondary N) is 1. The van der Waals surface area contributed by atoms with Gasteiger partial charge >= 0.3 is 0 Å². The summed E-state index contributed by atoms with van der Waals surface area (Å²) in [6.07, 6.45) is 1.80. The second-order valence-electron chi connectivity index (χ2n) is 6.29. The van der Waals surface area contributed by atoms with E-state index in [9.17, 15) is 9.18 Å². The van der Waals surface area contributed by atoms with Gasteiger partial charge in [0.1, 0.15) is 5.82 Å². The van der Waals surface area contributed by atoms with Crippen molar-refractivity contribution in [1.29, 1.82) is 0 Å². The molecule has 0 saturated heterocycles. The van der Waals surface area contributed by atoms with Crippen LogP contribution in [0.5, 0.6) is 11.5 Å². The summed E-state index contributed by atoms with van der Waals surface area (Å²) in [4.78, 5) is 12.2. The molecule has 4 nitrogen and oxygen atoms in total. The van der Waals surface area contributed by atoms with Crippen LogP contribution in [-0.4, -0.2) is 19.1 Å². The number of fused-ring (bicyclic) bond motifs is 1. The Labute approximate surface area is 157 Å². The lowest BCUT2D eigenvalue weighted by Crippen LogP contribution is -2.26. The minimum Gasteiger partial charge on any atom is -0.490 e. The molecule has 0 saturated carbocycles. The topological polar surface area (TPSA) is 47.6 Å². The minimum absolute atomic E-state index is 0.0517. The van der Waals surface area contributed by atoms with Gasteiger partial charge in [-0.15, -0.1) is 0 Å². The Bertz CT molecular complexity index is 797. The van der Waals surface area contributed by atoms with Gasteiger partial charge in [-0.2, -0.15) is 0 Å². The Morgan fingerprint density at radius 2 is 1.96 bits per heavy atom. The van der Waals surface area contributed by atoms with Crippen molar-refractivity contribution in [2.24, 2.45) is 0 Å². The zero-order valence-corrected chi connectivity index (χ0v) is 15.3. The summed E-state index contributed by atoms with van der Waals surface area (Å²) >= 11 is 5.80. The van der Waals surface area contributed by atoms with Crippen molar-refractivity contribution in [2.75, 3.05) is 13.2 Å². The summed E-state index contributed by atoms with van der Waals surface area (Å²) in [7, 11) is 0. The smallest absolute Gasteiger partial charge is 0.220 e. The van der Waals surface area contributed by atoms with Crippen molar-refractivity contribution in [1.82, 2.24) is 5.32 Å². The molecule has 0 aromatic heterocycles. The maximum Gasteiger partial charge on any atom is 0.220 e. The Balaban J connectivity index is 1.55. The van der Waals surface area contributed by atoms with E-state index < -0.39 is 5.82 Å². The van der Waals surface area contributed by atoms with Crippen molar-refractivity contribution in [2.45, 2.75) is 32.2 Å². The zero-order valence-electron chi connectivity index (χ0n) is 14.6. The second-order valence-corrected chi connectivity index (χ2v) is 6.70. The molecule has 2 aromatic carbocycles. The fourth-order valence-electron chi connectivity index (χ4n) is 2.80. The SMILES string of the molecule is CC(NC(=O)CCc1ccc2c(c1)OCCCO2)c1ccc(F)c(Cl)c1. The fraction of sp³-hybridized carbons (Fsp3) is 0.350. The van der Waals surface area contributed by atoms with Crippen LogP contribution in [0.2, 0.25) is 5.02 Å². The number of aryl methyl sites for hydroxylation is 1. The lowest BCUT2D eigenvalue weighted by molar-refractivity contribution is -0.121. The number of halogens is 2. The number of carbonyl (C=O) groups is 1. The van der Waals surface area contributed by atoms with Crippen molar-refractivity contribution >= 4 is 17.5 Å². The van der Waals surface area contributed by atoms with E-state index in [2.05, 4.69) is 5.32 Å². The minimum atomic E-state index is -0.469. The molecule has 26 heavy (non-hydrogen) atoms. The maximum absolute atomic E-state index is 13.2. The first kappa shape index (κ1) is 18.5. The van der Waals surface area contributed by atoms with Gasteiger partial charge in [0.05, 0.1) is 24.3 Å². The van der Waals surface area contributed by atoms with Gasteiger partial charge in [-0.1, -0.05) is 23.7 Å². The van der Waals surface area contributed by atoms with E-state index in [0.717, 1.165) is 29.0 Å². The van der Waals surface area contributed by atoms with E-state index in [-0.39, 0.29) is 17.0 Å². The van der Waals surface area contributed by atoms with E-state index in [0.29, 0.717) is 26.1 Å². The highest BCUT2D eigenvalue weighted by Crippen LogP contribution is 2.30. The maximum atomic E-state index is 13.2. The van der Waals surface area contributed by atoms with Gasteiger partial charge < -0.3 is 14.8 Å². The van der Waals surface area contributed by atoms with Gasteiger partial charge in [0, 0.05) is 12.8 Å². The van der Waals surface area contributed by atoms with Gasteiger partial charge in [-0.25, -0.2) is 4.39 Å². The highest BCUT2D eigenvalue weighted by molar-refractivity contribution is 6.30. The molecule has 1 aliphatic heterocycles. The predicted molar refractivity (Wildman–Crippen MR) is 98.3 cm³/mol. The molecule has 6 heteroatoms. The standard InChI is InChI=1S/C20H21ClFNO3/c1-13(15-5-6-17(22)16(21)12-15)23-20(24)8-4-14-3-7-18-19(11-14)26-10-2-9-25-18/h3,5-7,11-13H,2,4,8-10H2,1H3,(H,23,24). The third-order valence-electron chi connectivity index (χ3n) is 4.27. The molecule has 0 aliphatic carbocycles. The number of ether oxygens (including phenoxy) is 2. The Morgan fingerprint density at radius 1 is 1.19 bits per heavy atom. The molecule has 2 aromatic rings. The second kappa shape index (κ2) is 8.41. The largest absolute Gasteiger partial charge is 0.490 e. The van der Waals surface area contributed by atoms with Gasteiger partial charge in [0.2, 0.25) is 5.91 Å². The first-order valence-corrected chi connectivity index (χ1v) is 9.03. The van der Waals surface area contributed by atoms with E-state index in [4.69, 9.17) is 21.1 Å². The average molecular weight is 378 g/mol. The van der Waals surface area contributed by atoms with Crippen LogP contribution in [0.4, 0.5) is 4.39 Å². The Morgan fingerprint density at radius 3 is 2.73 bits per heavy atom. The monoisotopic (exact) mass is 377 g/mol. The van der Waals surface area contributed by atoms with E-state index in [1.807, 2.05) is 25.1 Å². The summed E-state index contributed by atoms with van der Waals surface area (Å²) < 4.78 is 24.5. The van der Waals surface area contributed by atoms with Crippen molar-refractivity contribution < 1.29 is 18.7 Å². The molecule has 1 amide bonds. The normalized spacial score (nSPS) is 14.4. The Hall–Kier alpha value is -2.27. The third-order valence-corrected chi connectivity index (χ3v) is 4.56. The van der Waals surface area contributed by atoms with Crippen molar-refractivity contribution in [3.63, 3.8) is 0 Å². The van der Waals surface area contributed by atoms with Crippen LogP contribution in [0.3, 0.4) is 0 Å². The van der Waals surface area contributed by atoms with Crippen LogP contribution in [0.15, 0.2) is 36.4 Å². The van der Waals surface area contributed by atoms with Crippen LogP contribution < -0.4 is 14.8 Å². The fourth-order valence-corrected chi connectivity index (χ4v) is 2.99. The van der Waals surface area contributed by atoms with E-state index in [1.165, 1.54) is 12.1 Å². The quantitative estimate of drug-likeness (QED) is 0.837. The van der Waals surface area contributed by atoms with Crippen LogP contribution in [0, 0.1) is 5.82 Å². The summed E-state index contributed by atoms with van der Waals surface area (Å²) in [6, 6.07) is 9.97. The molecular formula is C20H21ClFNO3. The predicted octanol–water partition coefficient (Wildman–Crippen LogP) is 4.45. The van der Waals surface area contributed by atoms with E-state index in [1.54, 1.807) is 6.07 Å². The number of hydrogen-bond donors (Lipinski definition) is 1. The van der Waals surface area contributed by atoms with Gasteiger partial charge in [-0.05, 0) is 48.7 Å². The summed E-state index contributed by atoms with van der Waals surface area (Å²) in [5.41, 5.74) is 1.78. The van der Waals surface area contributed by atoms with Crippen molar-refractivity contribution in [3.05, 3.63) is 58.4 Å². The lowest BCUT2D eigenvalue weighted by Gasteiger charge is -2.15. The summed E-state index contributed by atoms with van der Waals surface area (Å²) in [5.74, 6) is 0.931. The molecule has 138 valence electrons. The van der Waals surface area contributed by atoms with Gasteiger partial charge in [-0.3, -0.25) is 4.79 Å². The van der Waals surface area contributed by atoms with E-state index >= 15 is 0 Å². The van der Waals surface area contributed by atoms with Gasteiger partial charge in [0.25, 0.3) is 0 Å². The van der Waals surface area contributed by atoms with Crippen LogP contribution in [0.1, 0.15) is 36.9 Å². The molecular weight excluding hydrogens is 357 g/mol. The molecule has 0 fully saturated rings. The molecule has 0 radical (unpaired) electrons. The van der Waals surface area contributed by atoms with Crippen LogP contribution in [-0.2, 0) is 11.2 Å². The van der Waals surface area contributed by atoms with Gasteiger partial charge in [0.15, 0.2) is 11.5 Å². The molecule has 3 rings (SSSR count). The number of hydrogen-bond acceptors (Lipinski definition) is 3. The zero-order chi connectivity index (χ0) is 18.5. The first-order valence-electron chi connectivity index (χ1n) is 8.66. The third kappa shape index (κ3) is 4.67. The molecule has 1 heterocycles. The lowest BCUT2D eigenvalue weighted by atomic mass is 10.1. The first-order chi connectivity index (χ1) is 12.5. The highest BCUT2D eigenvalue weighted by Gasteiger charge is 2.13. The van der Waals surface area contributed by atoms with Crippen LogP contribution in [0.25, 0.3) is 0 Å². The molecule has 1 unspecified atom stereocenters. The van der Waals surface area contributed by atoms with Crippen molar-refractivity contribution in [3.8, 4) is 11.5 Å². The van der Waals surface area contributed by atoms with Crippen LogP contribution >= 0.6 is 11.6 Å². The Kier molecular flexibility index (Phi) is 5.99. The summed E-state index contributed by atoms with van der Waals surface area (Å²) in [6.45, 7) is 3.13. The number of rotatable bonds is 5. The molecule has 0 bridgehead atoms. The average Bonchev–Trinajstić information content (AvgIpc) is 2.87. The molecule has 0 spiro atoms. The number of carbonyl (C=O) groups excluding carboxylic acids is 1. The number of amides is 1. The highest BCUT2D eigenvalue weighted by atomic mass is 35.5. The molecule has 1 N–H and O–H groups in total. The number of benzene rings is 2. The molecule has 1 atom stereocenters.